The summed E-state index contributed by atoms with van der Waals surface area (Å²) in [6.45, 7) is 3.85. The van der Waals surface area contributed by atoms with Crippen molar-refractivity contribution in [3.05, 3.63) is 0 Å². The Morgan fingerprint density at radius 1 is 1.38 bits per heavy atom. The van der Waals surface area contributed by atoms with Crippen molar-refractivity contribution >= 4 is 6.72 Å². The van der Waals surface area contributed by atoms with Crippen LogP contribution in [0.3, 0.4) is 0 Å². The summed E-state index contributed by atoms with van der Waals surface area (Å²) in [4.78, 5) is 0. The Labute approximate surface area is 51.0 Å². The third-order valence-corrected chi connectivity index (χ3v) is 1.95. The van der Waals surface area contributed by atoms with Crippen LogP contribution < -0.4 is 0 Å². The molecule has 1 fully saturated rings. The van der Waals surface area contributed by atoms with Gasteiger partial charge in [0.15, 0.2) is 6.04 Å². The van der Waals surface area contributed by atoms with Crippen LogP contribution in [0.4, 0.5) is 0 Å². The van der Waals surface area contributed by atoms with Crippen molar-refractivity contribution in [2.75, 3.05) is 7.05 Å². The molecule has 46 valence electrons. The lowest BCUT2D eigenvalue weighted by atomic mass is 10.2. The second-order valence-electron chi connectivity index (χ2n) is 2.70. The Morgan fingerprint density at radius 3 is 2.12 bits per heavy atom. The summed E-state index contributed by atoms with van der Waals surface area (Å²) in [7, 11) is 2.07. The molecule has 1 aliphatic carbocycles. The maximum absolute atomic E-state index is 3.85. The van der Waals surface area contributed by atoms with Gasteiger partial charge in [-0.25, -0.2) is 4.58 Å². The van der Waals surface area contributed by atoms with Gasteiger partial charge in [0.1, 0.15) is 13.8 Å². The summed E-state index contributed by atoms with van der Waals surface area (Å²) in [5, 5.41) is 0. The van der Waals surface area contributed by atoms with Crippen LogP contribution in [-0.2, 0) is 0 Å². The highest BCUT2D eigenvalue weighted by Gasteiger charge is 2.20. The van der Waals surface area contributed by atoms with E-state index in [2.05, 4.69) is 18.3 Å². The Hall–Kier alpha value is -0.330. The molecular weight excluding hydrogens is 98.1 g/mol. The maximum atomic E-state index is 3.85. The van der Waals surface area contributed by atoms with Gasteiger partial charge in [0.25, 0.3) is 0 Å². The molecule has 1 saturated carbocycles. The molecule has 0 radical (unpaired) electrons. The number of nitrogens with zero attached hydrogens (tertiary/aromatic N) is 1. The van der Waals surface area contributed by atoms with Gasteiger partial charge < -0.3 is 0 Å². The number of hydrogen-bond donors (Lipinski definition) is 0. The summed E-state index contributed by atoms with van der Waals surface area (Å²) in [6.07, 6.45) is 5.54. The molecule has 8 heavy (non-hydrogen) atoms. The fraction of sp³-hybridized carbons (Fsp3) is 0.857. The van der Waals surface area contributed by atoms with Gasteiger partial charge in [-0.3, -0.25) is 0 Å². The normalized spacial score (nSPS) is 21.6. The van der Waals surface area contributed by atoms with Gasteiger partial charge >= 0.3 is 0 Å². The fourth-order valence-corrected chi connectivity index (χ4v) is 1.35. The molecule has 0 unspecified atom stereocenters. The molecule has 0 spiro atoms. The molecule has 0 bridgehead atoms. The quantitative estimate of drug-likeness (QED) is 0.355. The van der Waals surface area contributed by atoms with Crippen molar-refractivity contribution < 1.29 is 4.58 Å². The molecule has 0 saturated heterocycles. The monoisotopic (exact) mass is 112 g/mol. The van der Waals surface area contributed by atoms with Gasteiger partial charge in [-0.15, -0.1) is 0 Å². The molecule has 0 N–H and O–H groups in total. The van der Waals surface area contributed by atoms with Gasteiger partial charge in [-0.1, -0.05) is 0 Å². The van der Waals surface area contributed by atoms with Crippen molar-refractivity contribution in [1.29, 1.82) is 0 Å². The molecule has 0 heterocycles. The summed E-state index contributed by atoms with van der Waals surface area (Å²) < 4.78 is 2.09. The molecule has 1 aliphatic rings. The van der Waals surface area contributed by atoms with E-state index in [1.54, 1.807) is 0 Å². The summed E-state index contributed by atoms with van der Waals surface area (Å²) in [5.41, 5.74) is 0. The van der Waals surface area contributed by atoms with Crippen LogP contribution in [0.2, 0.25) is 0 Å². The highest BCUT2D eigenvalue weighted by molar-refractivity contribution is 5.14. The molecular formula is C7H14N+. The summed E-state index contributed by atoms with van der Waals surface area (Å²) in [5.74, 6) is 0. The summed E-state index contributed by atoms with van der Waals surface area (Å²) in [6, 6.07) is 0.787. The molecule has 1 rings (SSSR count). The van der Waals surface area contributed by atoms with E-state index in [9.17, 15) is 0 Å². The molecule has 0 aromatic rings. The van der Waals surface area contributed by atoms with E-state index >= 15 is 0 Å². The lowest BCUT2D eigenvalue weighted by Gasteiger charge is -2.00. The van der Waals surface area contributed by atoms with E-state index in [1.807, 2.05) is 0 Å². The van der Waals surface area contributed by atoms with Gasteiger partial charge in [0.2, 0.25) is 0 Å². The average Bonchev–Trinajstić information content (AvgIpc) is 2.12. The maximum Gasteiger partial charge on any atom is 0.151 e. The number of rotatable bonds is 1. The average molecular weight is 112 g/mol. The van der Waals surface area contributed by atoms with E-state index in [1.165, 1.54) is 25.7 Å². The summed E-state index contributed by atoms with van der Waals surface area (Å²) >= 11 is 0. The van der Waals surface area contributed by atoms with Crippen LogP contribution in [0.15, 0.2) is 0 Å². The minimum atomic E-state index is 0.787. The van der Waals surface area contributed by atoms with Crippen LogP contribution >= 0.6 is 0 Å². The molecule has 1 heteroatoms. The minimum Gasteiger partial charge on any atom is -0.242 e. The van der Waals surface area contributed by atoms with E-state index in [4.69, 9.17) is 0 Å². The highest BCUT2D eigenvalue weighted by Crippen LogP contribution is 2.19. The van der Waals surface area contributed by atoms with E-state index in [-0.39, 0.29) is 0 Å². The second-order valence-corrected chi connectivity index (χ2v) is 2.70. The standard InChI is InChI=1S/C7H14N/c1-8(2)7-5-3-4-6-7/h7H,1,3-6H2,2H3/q+1. The first-order chi connectivity index (χ1) is 3.80. The van der Waals surface area contributed by atoms with Crippen molar-refractivity contribution in [1.82, 2.24) is 0 Å². The van der Waals surface area contributed by atoms with Crippen LogP contribution in [-0.4, -0.2) is 24.4 Å². The zero-order chi connectivity index (χ0) is 5.98. The Bertz CT molecular complexity index is 90.6. The smallest absolute Gasteiger partial charge is 0.151 e. The molecule has 0 aliphatic heterocycles. The zero-order valence-electron chi connectivity index (χ0n) is 5.56. The molecule has 1 nitrogen and oxygen atoms in total. The van der Waals surface area contributed by atoms with Gasteiger partial charge in [-0.05, 0) is 12.8 Å². The Balaban J connectivity index is 2.35. The third kappa shape index (κ3) is 1.09. The van der Waals surface area contributed by atoms with Crippen LogP contribution in [0.1, 0.15) is 25.7 Å². The first-order valence-electron chi connectivity index (χ1n) is 3.34. The second kappa shape index (κ2) is 2.29. The van der Waals surface area contributed by atoms with Crippen molar-refractivity contribution in [2.45, 2.75) is 31.7 Å². The lowest BCUT2D eigenvalue weighted by molar-refractivity contribution is -0.528. The molecule has 0 aromatic carbocycles. The first kappa shape index (κ1) is 5.80. The Morgan fingerprint density at radius 2 is 1.88 bits per heavy atom. The largest absolute Gasteiger partial charge is 0.242 e. The first-order valence-corrected chi connectivity index (χ1v) is 3.34. The molecule has 0 aromatic heterocycles. The zero-order valence-corrected chi connectivity index (χ0v) is 5.56. The van der Waals surface area contributed by atoms with Crippen LogP contribution in [0, 0.1) is 0 Å². The Kier molecular flexibility index (Phi) is 1.66. The van der Waals surface area contributed by atoms with Crippen LogP contribution in [0.5, 0.6) is 0 Å². The minimum absolute atomic E-state index is 0.787. The van der Waals surface area contributed by atoms with Crippen LogP contribution in [0.25, 0.3) is 0 Å². The highest BCUT2D eigenvalue weighted by atomic mass is 15.0. The fourth-order valence-electron chi connectivity index (χ4n) is 1.35. The lowest BCUT2D eigenvalue weighted by Crippen LogP contribution is -2.16. The van der Waals surface area contributed by atoms with E-state index in [0.29, 0.717) is 0 Å². The third-order valence-electron chi connectivity index (χ3n) is 1.95. The number of hydrogen-bond acceptors (Lipinski definition) is 0. The van der Waals surface area contributed by atoms with E-state index in [0.717, 1.165) is 6.04 Å². The predicted octanol–water partition coefficient (Wildman–Crippen LogP) is 1.27. The van der Waals surface area contributed by atoms with Crippen molar-refractivity contribution in [3.63, 3.8) is 0 Å². The topological polar surface area (TPSA) is 3.01 Å². The van der Waals surface area contributed by atoms with Crippen molar-refractivity contribution in [3.8, 4) is 0 Å². The van der Waals surface area contributed by atoms with Gasteiger partial charge in [0, 0.05) is 12.8 Å². The van der Waals surface area contributed by atoms with Crippen molar-refractivity contribution in [2.24, 2.45) is 0 Å². The molecule has 0 atom stereocenters. The van der Waals surface area contributed by atoms with E-state index < -0.39 is 0 Å². The predicted molar refractivity (Wildman–Crippen MR) is 35.6 cm³/mol. The SMILES string of the molecule is C=[N+](C)C1CCCC1. The molecule has 0 amide bonds. The van der Waals surface area contributed by atoms with Gasteiger partial charge in [0.05, 0.1) is 0 Å². The van der Waals surface area contributed by atoms with Gasteiger partial charge in [-0.2, -0.15) is 0 Å².